The van der Waals surface area contributed by atoms with Crippen molar-refractivity contribution in [2.75, 3.05) is 10.7 Å². The number of carbonyl (C=O) groups excluding carboxylic acids is 1. The quantitative estimate of drug-likeness (QED) is 0.861. The number of para-hydroxylation sites is 1. The van der Waals surface area contributed by atoms with Gasteiger partial charge in [0.2, 0.25) is 5.91 Å². The summed E-state index contributed by atoms with van der Waals surface area (Å²) < 4.78 is 5.17. The summed E-state index contributed by atoms with van der Waals surface area (Å²) >= 11 is 4.14. The molecule has 2 rings (SSSR count). The van der Waals surface area contributed by atoms with E-state index in [1.165, 1.54) is 0 Å². The van der Waals surface area contributed by atoms with Gasteiger partial charge in [0.05, 0.1) is 12.2 Å². The molecule has 0 aliphatic carbocycles. The molecular weight excluding hydrogens is 272 g/mol. The van der Waals surface area contributed by atoms with Gasteiger partial charge in [0.1, 0.15) is 5.76 Å². The van der Waals surface area contributed by atoms with E-state index in [-0.39, 0.29) is 5.91 Å². The van der Waals surface area contributed by atoms with E-state index in [2.05, 4.69) is 17.8 Å². The van der Waals surface area contributed by atoms with E-state index in [0.29, 0.717) is 18.7 Å². The van der Waals surface area contributed by atoms with E-state index in [1.54, 1.807) is 4.90 Å². The number of rotatable bonds is 5. The van der Waals surface area contributed by atoms with E-state index < -0.39 is 0 Å². The highest BCUT2D eigenvalue weighted by Crippen LogP contribution is 2.21. The molecule has 0 saturated carbocycles. The highest BCUT2D eigenvalue weighted by atomic mass is 32.1. The molecule has 0 aliphatic rings. The first-order chi connectivity index (χ1) is 9.63. The van der Waals surface area contributed by atoms with E-state index >= 15 is 0 Å². The number of carbonyl (C=O) groups is 1. The van der Waals surface area contributed by atoms with E-state index in [9.17, 15) is 4.79 Å². The molecular formula is C15H18N2O2S. The summed E-state index contributed by atoms with van der Waals surface area (Å²) in [7, 11) is 0. The van der Waals surface area contributed by atoms with Crippen molar-refractivity contribution < 1.29 is 9.32 Å². The van der Waals surface area contributed by atoms with Crippen LogP contribution in [0.15, 0.2) is 34.9 Å². The van der Waals surface area contributed by atoms with E-state index in [1.807, 2.05) is 44.2 Å². The van der Waals surface area contributed by atoms with E-state index in [4.69, 9.17) is 4.52 Å². The van der Waals surface area contributed by atoms with Crippen LogP contribution in [0.4, 0.5) is 5.69 Å². The third kappa shape index (κ3) is 3.22. The highest BCUT2D eigenvalue weighted by Gasteiger charge is 2.19. The Balaban J connectivity index is 2.30. The molecule has 0 unspecified atom stereocenters. The van der Waals surface area contributed by atoms with Crippen LogP contribution in [-0.4, -0.2) is 16.8 Å². The molecule has 2 aromatic rings. The summed E-state index contributed by atoms with van der Waals surface area (Å²) in [5, 5.41) is 3.94. The second-order valence-electron chi connectivity index (χ2n) is 4.59. The first-order valence-electron chi connectivity index (χ1n) is 6.51. The molecule has 5 heteroatoms. The zero-order chi connectivity index (χ0) is 14.5. The Morgan fingerprint density at radius 2 is 2.00 bits per heavy atom. The molecule has 0 fully saturated rings. The topological polar surface area (TPSA) is 46.3 Å². The van der Waals surface area contributed by atoms with Gasteiger partial charge in [-0.25, -0.2) is 0 Å². The molecule has 1 amide bonds. The lowest BCUT2D eigenvalue weighted by molar-refractivity contribution is -0.118. The van der Waals surface area contributed by atoms with Crippen LogP contribution >= 0.6 is 12.6 Å². The van der Waals surface area contributed by atoms with Crippen LogP contribution in [0.5, 0.6) is 0 Å². The van der Waals surface area contributed by atoms with Gasteiger partial charge in [-0.1, -0.05) is 23.4 Å². The summed E-state index contributed by atoms with van der Waals surface area (Å²) in [6, 6.07) is 9.62. The van der Waals surface area contributed by atoms with Gasteiger partial charge in [0.15, 0.2) is 0 Å². The van der Waals surface area contributed by atoms with Gasteiger partial charge in [-0.05, 0) is 31.7 Å². The summed E-state index contributed by atoms with van der Waals surface area (Å²) in [5.74, 6) is 1.33. The fourth-order valence-electron chi connectivity index (χ4n) is 2.05. The number of amides is 1. The van der Waals surface area contributed by atoms with Crippen molar-refractivity contribution in [2.24, 2.45) is 0 Å². The minimum absolute atomic E-state index is 0.0474. The number of nitrogens with zero attached hydrogens (tertiary/aromatic N) is 2. The van der Waals surface area contributed by atoms with Gasteiger partial charge in [-0.3, -0.25) is 4.79 Å². The second kappa shape index (κ2) is 6.61. The molecule has 1 aromatic heterocycles. The zero-order valence-electron chi connectivity index (χ0n) is 11.7. The lowest BCUT2D eigenvalue weighted by atomic mass is 10.1. The average Bonchev–Trinajstić information content (AvgIpc) is 2.77. The molecule has 0 saturated heterocycles. The lowest BCUT2D eigenvalue weighted by Crippen LogP contribution is -2.30. The molecule has 0 aliphatic heterocycles. The smallest absolute Gasteiger partial charge is 0.228 e. The minimum atomic E-state index is 0.0474. The molecule has 0 bridgehead atoms. The third-order valence-electron chi connectivity index (χ3n) is 3.19. The Morgan fingerprint density at radius 3 is 2.55 bits per heavy atom. The number of thiol groups is 1. The monoisotopic (exact) mass is 290 g/mol. The number of aromatic nitrogens is 1. The van der Waals surface area contributed by atoms with Crippen LogP contribution in [0.3, 0.4) is 0 Å². The normalized spacial score (nSPS) is 10.6. The number of benzene rings is 1. The average molecular weight is 290 g/mol. The van der Waals surface area contributed by atoms with Crippen LogP contribution in [-0.2, 0) is 11.3 Å². The maximum Gasteiger partial charge on any atom is 0.228 e. The van der Waals surface area contributed by atoms with Crippen molar-refractivity contribution in [1.29, 1.82) is 0 Å². The van der Waals surface area contributed by atoms with Crippen molar-refractivity contribution in [2.45, 2.75) is 26.8 Å². The standard InChI is InChI=1S/C15H18N2O2S/c1-11-14(12(2)19-16-11)10-17(15(18)8-9-20)13-6-4-3-5-7-13/h3-7,20H,8-10H2,1-2H3. The van der Waals surface area contributed by atoms with Gasteiger partial charge >= 0.3 is 0 Å². The summed E-state index contributed by atoms with van der Waals surface area (Å²) in [6.45, 7) is 4.22. The van der Waals surface area contributed by atoms with Crippen LogP contribution in [0.25, 0.3) is 0 Å². The molecule has 106 valence electrons. The minimum Gasteiger partial charge on any atom is -0.361 e. The van der Waals surface area contributed by atoms with E-state index in [0.717, 1.165) is 22.7 Å². The van der Waals surface area contributed by atoms with Crippen molar-refractivity contribution >= 4 is 24.2 Å². The van der Waals surface area contributed by atoms with Crippen LogP contribution in [0.1, 0.15) is 23.4 Å². The predicted octanol–water partition coefficient (Wildman–Crippen LogP) is 3.14. The molecule has 4 nitrogen and oxygen atoms in total. The molecule has 0 spiro atoms. The Morgan fingerprint density at radius 1 is 1.30 bits per heavy atom. The SMILES string of the molecule is Cc1noc(C)c1CN(C(=O)CCS)c1ccccc1. The summed E-state index contributed by atoms with van der Waals surface area (Å²) in [4.78, 5) is 14.1. The number of anilines is 1. The Labute approximate surface area is 124 Å². The lowest BCUT2D eigenvalue weighted by Gasteiger charge is -2.22. The molecule has 0 N–H and O–H groups in total. The summed E-state index contributed by atoms with van der Waals surface area (Å²) in [5.41, 5.74) is 2.66. The fourth-order valence-corrected chi connectivity index (χ4v) is 2.24. The molecule has 1 aromatic carbocycles. The Bertz CT molecular complexity index is 561. The van der Waals surface area contributed by atoms with Crippen LogP contribution < -0.4 is 4.90 Å². The second-order valence-corrected chi connectivity index (χ2v) is 5.04. The predicted molar refractivity (Wildman–Crippen MR) is 82.1 cm³/mol. The Hall–Kier alpha value is -1.75. The fraction of sp³-hybridized carbons (Fsp3) is 0.333. The zero-order valence-corrected chi connectivity index (χ0v) is 12.6. The van der Waals surface area contributed by atoms with Gasteiger partial charge in [0, 0.05) is 17.7 Å². The van der Waals surface area contributed by atoms with Gasteiger partial charge in [0.25, 0.3) is 0 Å². The van der Waals surface area contributed by atoms with Crippen LogP contribution in [0.2, 0.25) is 0 Å². The van der Waals surface area contributed by atoms with Gasteiger partial charge < -0.3 is 9.42 Å². The molecule has 0 atom stereocenters. The van der Waals surface area contributed by atoms with Crippen molar-refractivity contribution in [1.82, 2.24) is 5.16 Å². The Kier molecular flexibility index (Phi) is 4.84. The first-order valence-corrected chi connectivity index (χ1v) is 7.14. The van der Waals surface area contributed by atoms with Crippen molar-refractivity contribution in [3.05, 3.63) is 47.3 Å². The number of hydrogen-bond acceptors (Lipinski definition) is 4. The third-order valence-corrected chi connectivity index (χ3v) is 3.42. The molecule has 0 radical (unpaired) electrons. The summed E-state index contributed by atoms with van der Waals surface area (Å²) in [6.07, 6.45) is 0.404. The highest BCUT2D eigenvalue weighted by molar-refractivity contribution is 7.80. The molecule has 20 heavy (non-hydrogen) atoms. The number of aryl methyl sites for hydroxylation is 2. The van der Waals surface area contributed by atoms with Gasteiger partial charge in [-0.2, -0.15) is 12.6 Å². The maximum absolute atomic E-state index is 12.3. The first kappa shape index (κ1) is 14.7. The van der Waals surface area contributed by atoms with Crippen molar-refractivity contribution in [3.8, 4) is 0 Å². The molecule has 1 heterocycles. The maximum atomic E-state index is 12.3. The largest absolute Gasteiger partial charge is 0.361 e. The van der Waals surface area contributed by atoms with Gasteiger partial charge in [-0.15, -0.1) is 0 Å². The van der Waals surface area contributed by atoms with Crippen LogP contribution in [0, 0.1) is 13.8 Å². The number of hydrogen-bond donors (Lipinski definition) is 1. The van der Waals surface area contributed by atoms with Crippen molar-refractivity contribution in [3.63, 3.8) is 0 Å².